The van der Waals surface area contributed by atoms with Crippen molar-refractivity contribution < 1.29 is 48.8 Å². The van der Waals surface area contributed by atoms with Crippen molar-refractivity contribution in [3.8, 4) is 5.75 Å². The lowest BCUT2D eigenvalue weighted by molar-refractivity contribution is -0.126. The van der Waals surface area contributed by atoms with Crippen molar-refractivity contribution in [2.75, 3.05) is 23.0 Å². The zero-order valence-electron chi connectivity index (χ0n) is 25.4. The molecule has 2 aliphatic carbocycles. The van der Waals surface area contributed by atoms with E-state index in [-0.39, 0.29) is 48.6 Å². The minimum atomic E-state index is -1.21. The molecule has 2 saturated heterocycles. The average Bonchev–Trinajstić information content (AvgIpc) is 3.50. The molecule has 1 saturated carbocycles. The van der Waals surface area contributed by atoms with Gasteiger partial charge in [0, 0.05) is 5.92 Å². The van der Waals surface area contributed by atoms with Gasteiger partial charge in [0.15, 0.2) is 0 Å². The fourth-order valence-corrected chi connectivity index (χ4v) is 7.96. The number of fused-ring (bicyclic) bond motifs is 4. The zero-order chi connectivity index (χ0) is 33.9. The van der Waals surface area contributed by atoms with Crippen LogP contribution in [0.15, 0.2) is 84.4 Å². The van der Waals surface area contributed by atoms with Gasteiger partial charge >= 0.3 is 11.9 Å². The largest absolute Gasteiger partial charge is 0.491 e. The van der Waals surface area contributed by atoms with E-state index < -0.39 is 71.1 Å². The number of hydrogen-bond donors (Lipinski definition) is 3. The van der Waals surface area contributed by atoms with Crippen LogP contribution in [0.3, 0.4) is 0 Å². The number of carbonyl (C=O) groups is 6. The number of anilines is 2. The van der Waals surface area contributed by atoms with Crippen molar-refractivity contribution in [2.24, 2.45) is 29.6 Å². The molecule has 2 aliphatic heterocycles. The molecule has 0 bridgehead atoms. The van der Waals surface area contributed by atoms with Crippen LogP contribution >= 0.6 is 0 Å². The van der Waals surface area contributed by atoms with Crippen LogP contribution in [0.25, 0.3) is 0 Å². The van der Waals surface area contributed by atoms with Crippen molar-refractivity contribution in [3.05, 3.63) is 101 Å². The van der Waals surface area contributed by atoms with Gasteiger partial charge in [-0.1, -0.05) is 35.9 Å². The normalized spacial score (nSPS) is 26.1. The van der Waals surface area contributed by atoms with Crippen LogP contribution < -0.4 is 14.5 Å². The molecule has 0 radical (unpaired) electrons. The van der Waals surface area contributed by atoms with E-state index in [1.54, 1.807) is 24.3 Å². The highest BCUT2D eigenvalue weighted by molar-refractivity contribution is 6.24. The quantitative estimate of drug-likeness (QED) is 0.241. The van der Waals surface area contributed by atoms with E-state index >= 15 is 0 Å². The summed E-state index contributed by atoms with van der Waals surface area (Å²) in [5.41, 5.74) is 1.60. The summed E-state index contributed by atoms with van der Waals surface area (Å²) in [6, 6.07) is 18.2. The van der Waals surface area contributed by atoms with Gasteiger partial charge in [0.05, 0.1) is 52.8 Å². The molecule has 3 aromatic rings. The van der Waals surface area contributed by atoms with Gasteiger partial charge in [0.25, 0.3) is 0 Å². The van der Waals surface area contributed by atoms with E-state index in [4.69, 9.17) is 9.84 Å². The van der Waals surface area contributed by atoms with Crippen LogP contribution in [0.2, 0.25) is 0 Å². The molecule has 6 unspecified atom stereocenters. The Morgan fingerprint density at radius 1 is 0.708 bits per heavy atom. The summed E-state index contributed by atoms with van der Waals surface area (Å²) in [5, 5.41) is 28.2. The molecule has 12 nitrogen and oxygen atoms in total. The number of aliphatic hydroxyl groups excluding tert-OH is 1. The maximum atomic E-state index is 14.3. The number of aromatic carboxylic acids is 2. The molecule has 244 valence electrons. The van der Waals surface area contributed by atoms with Crippen LogP contribution in [0.5, 0.6) is 5.75 Å². The van der Waals surface area contributed by atoms with Crippen LogP contribution in [0, 0.1) is 29.6 Å². The predicted molar refractivity (Wildman–Crippen MR) is 168 cm³/mol. The third kappa shape index (κ3) is 4.87. The Morgan fingerprint density at radius 3 is 1.83 bits per heavy atom. The minimum Gasteiger partial charge on any atom is -0.491 e. The Bertz CT molecular complexity index is 1920. The number of aliphatic hydroxyl groups is 1. The minimum absolute atomic E-state index is 0.0732. The first-order valence-electron chi connectivity index (χ1n) is 15.6. The summed E-state index contributed by atoms with van der Waals surface area (Å²) in [5.74, 6) is -8.37. The van der Waals surface area contributed by atoms with Crippen LogP contribution in [0.4, 0.5) is 11.4 Å². The first kappa shape index (κ1) is 31.0. The maximum Gasteiger partial charge on any atom is 0.335 e. The number of allylic oxidation sites excluding steroid dienone is 2. The van der Waals surface area contributed by atoms with E-state index in [1.165, 1.54) is 48.5 Å². The molecule has 0 spiro atoms. The monoisotopic (exact) mass is 650 g/mol. The van der Waals surface area contributed by atoms with Crippen LogP contribution in [0.1, 0.15) is 45.0 Å². The van der Waals surface area contributed by atoms with Crippen molar-refractivity contribution in [1.29, 1.82) is 0 Å². The summed E-state index contributed by atoms with van der Waals surface area (Å²) >= 11 is 0. The lowest BCUT2D eigenvalue weighted by atomic mass is 9.57. The number of rotatable bonds is 8. The highest BCUT2D eigenvalue weighted by atomic mass is 16.5. The van der Waals surface area contributed by atoms with Crippen molar-refractivity contribution in [2.45, 2.75) is 18.8 Å². The molecular weight excluding hydrogens is 620 g/mol. The summed E-state index contributed by atoms with van der Waals surface area (Å²) in [6.45, 7) is -0.0890. The van der Waals surface area contributed by atoms with Gasteiger partial charge in [0.1, 0.15) is 12.4 Å². The number of carboxylic acids is 2. The third-order valence-electron chi connectivity index (χ3n) is 9.95. The van der Waals surface area contributed by atoms with Gasteiger partial charge in [0.2, 0.25) is 23.6 Å². The van der Waals surface area contributed by atoms with Gasteiger partial charge in [-0.25, -0.2) is 9.59 Å². The molecular formula is C36H30N2O10. The smallest absolute Gasteiger partial charge is 0.335 e. The molecule has 48 heavy (non-hydrogen) atoms. The second-order valence-electron chi connectivity index (χ2n) is 12.4. The molecule has 4 amide bonds. The number of carboxylic acid groups (broad SMARTS) is 2. The van der Waals surface area contributed by atoms with E-state index in [0.29, 0.717) is 11.3 Å². The second kappa shape index (κ2) is 11.9. The number of ether oxygens (including phenoxy) is 1. The van der Waals surface area contributed by atoms with Crippen LogP contribution in [-0.4, -0.2) is 64.1 Å². The van der Waals surface area contributed by atoms with Crippen molar-refractivity contribution in [1.82, 2.24) is 0 Å². The molecule has 12 heteroatoms. The number of benzene rings is 3. The Labute approximate surface area is 273 Å². The van der Waals surface area contributed by atoms with E-state index in [1.807, 2.05) is 6.08 Å². The molecule has 3 N–H and O–H groups in total. The standard InChI is InChI=1S/C36H30N2O10/c39-13-14-48-23-9-7-18(8-10-23)28-24-11-12-25-29(33(42)37(31(25)40)21-5-1-3-19(15-21)35(44)45)26(24)17-27-30(28)34(43)38(32(27)41)22-6-2-4-20(16-22)36(46)47/h1-11,15-16,25-30,39H,12-14,17H2,(H,44,45)(H,46,47). The number of nitrogens with zero attached hydrogens (tertiary/aromatic N) is 2. The number of amides is 4. The first-order valence-corrected chi connectivity index (χ1v) is 15.6. The summed E-state index contributed by atoms with van der Waals surface area (Å²) in [4.78, 5) is 81.8. The summed E-state index contributed by atoms with van der Waals surface area (Å²) < 4.78 is 5.53. The van der Waals surface area contributed by atoms with Gasteiger partial charge < -0.3 is 20.1 Å². The average molecular weight is 651 g/mol. The highest BCUT2D eigenvalue weighted by Gasteiger charge is 2.62. The van der Waals surface area contributed by atoms with E-state index in [2.05, 4.69) is 0 Å². The predicted octanol–water partition coefficient (Wildman–Crippen LogP) is 3.50. The Hall–Kier alpha value is -5.62. The molecule has 4 aliphatic rings. The van der Waals surface area contributed by atoms with Crippen LogP contribution in [-0.2, 0) is 19.2 Å². The lowest BCUT2D eigenvalue weighted by Gasteiger charge is -2.44. The molecule has 0 aromatic heterocycles. The fourth-order valence-electron chi connectivity index (χ4n) is 7.96. The van der Waals surface area contributed by atoms with Gasteiger partial charge in [-0.2, -0.15) is 0 Å². The van der Waals surface area contributed by atoms with Gasteiger partial charge in [-0.15, -0.1) is 0 Å². The Morgan fingerprint density at radius 2 is 1.27 bits per heavy atom. The molecule has 7 rings (SSSR count). The maximum absolute atomic E-state index is 14.3. The fraction of sp³-hybridized carbons (Fsp3) is 0.278. The molecule has 6 atom stereocenters. The number of carbonyl (C=O) groups excluding carboxylic acids is 4. The molecule has 3 fully saturated rings. The SMILES string of the molecule is O=C(O)c1cccc(N2C(=O)C3CC=C4C(CC5C(=O)N(c6cccc(C(=O)O)c6)C(=O)C5C4c4ccc(OCCO)cc4)C3C2=O)c1. The Kier molecular flexibility index (Phi) is 7.67. The Balaban J connectivity index is 1.30. The zero-order valence-corrected chi connectivity index (χ0v) is 25.4. The molecule has 2 heterocycles. The van der Waals surface area contributed by atoms with E-state index in [9.17, 15) is 39.0 Å². The topological polar surface area (TPSA) is 179 Å². The second-order valence-corrected chi connectivity index (χ2v) is 12.4. The van der Waals surface area contributed by atoms with Gasteiger partial charge in [-0.05, 0) is 72.9 Å². The number of imide groups is 2. The van der Waals surface area contributed by atoms with E-state index in [0.717, 1.165) is 15.4 Å². The summed E-state index contributed by atoms with van der Waals surface area (Å²) in [6.07, 6.45) is 2.23. The molecule has 3 aromatic carbocycles. The van der Waals surface area contributed by atoms with Gasteiger partial charge in [-0.3, -0.25) is 29.0 Å². The number of hydrogen-bond acceptors (Lipinski definition) is 8. The van der Waals surface area contributed by atoms with Crippen molar-refractivity contribution >= 4 is 46.9 Å². The lowest BCUT2D eigenvalue weighted by Crippen LogP contribution is -2.43. The summed E-state index contributed by atoms with van der Waals surface area (Å²) in [7, 11) is 0. The third-order valence-corrected chi connectivity index (χ3v) is 9.95. The highest BCUT2D eigenvalue weighted by Crippen LogP contribution is 2.58. The first-order chi connectivity index (χ1) is 23.1. The van der Waals surface area contributed by atoms with Crippen molar-refractivity contribution in [3.63, 3.8) is 0 Å².